The second-order valence-corrected chi connectivity index (χ2v) is 10.6. The number of ether oxygens (including phenoxy) is 2. The van der Waals surface area contributed by atoms with Crippen molar-refractivity contribution >= 4 is 61.4 Å². The molecule has 0 bridgehead atoms. The summed E-state index contributed by atoms with van der Waals surface area (Å²) in [5.41, 5.74) is 7.05. The van der Waals surface area contributed by atoms with E-state index in [0.29, 0.717) is 48.2 Å². The van der Waals surface area contributed by atoms with Gasteiger partial charge in [0.15, 0.2) is 33.6 Å². The number of imidazole rings is 1. The van der Waals surface area contributed by atoms with Gasteiger partial charge in [-0.3, -0.25) is 0 Å². The van der Waals surface area contributed by atoms with Gasteiger partial charge in [0.25, 0.3) is 0 Å². The van der Waals surface area contributed by atoms with Crippen molar-refractivity contribution in [3.8, 4) is 11.5 Å². The molecule has 0 amide bonds. The number of anilines is 1. The second kappa shape index (κ2) is 8.72. The van der Waals surface area contributed by atoms with Crippen LogP contribution in [-0.4, -0.2) is 54.0 Å². The maximum absolute atomic E-state index is 11.8. The minimum atomic E-state index is -3.30. The summed E-state index contributed by atoms with van der Waals surface area (Å²) in [6.07, 6.45) is 1.77. The van der Waals surface area contributed by atoms with Gasteiger partial charge in [-0.15, -0.1) is 0 Å². The Balaban J connectivity index is 1.69. The van der Waals surface area contributed by atoms with Gasteiger partial charge in [0.05, 0.1) is 5.75 Å². The third kappa shape index (κ3) is 4.43. The van der Waals surface area contributed by atoms with Gasteiger partial charge in [-0.1, -0.05) is 11.8 Å². The Bertz CT molecular complexity index is 1200. The lowest BCUT2D eigenvalue weighted by Crippen LogP contribution is -2.22. The van der Waals surface area contributed by atoms with E-state index in [-0.39, 0.29) is 11.6 Å². The van der Waals surface area contributed by atoms with Crippen molar-refractivity contribution in [1.82, 2.24) is 24.2 Å². The Labute approximate surface area is 191 Å². The van der Waals surface area contributed by atoms with Gasteiger partial charge in [0.1, 0.15) is 19.5 Å². The molecule has 30 heavy (non-hydrogen) atoms. The van der Waals surface area contributed by atoms with Crippen LogP contribution in [0.1, 0.15) is 6.42 Å². The summed E-state index contributed by atoms with van der Waals surface area (Å²) >= 11 is 3.67. The molecule has 2 aromatic heterocycles. The first-order chi connectivity index (χ1) is 14.4. The smallest absolute Gasteiger partial charge is 0.211 e. The van der Waals surface area contributed by atoms with Crippen LogP contribution < -0.4 is 19.9 Å². The fraction of sp³-hybridized carbons (Fsp3) is 0.353. The highest BCUT2D eigenvalue weighted by Gasteiger charge is 2.20. The van der Waals surface area contributed by atoms with E-state index in [9.17, 15) is 8.42 Å². The molecule has 0 saturated carbocycles. The molecule has 4 rings (SSSR count). The molecule has 0 radical (unpaired) electrons. The number of nitrogen functional groups attached to an aromatic ring is 1. The third-order valence-electron chi connectivity index (χ3n) is 4.43. The molecule has 3 aromatic rings. The summed E-state index contributed by atoms with van der Waals surface area (Å²) in [4.78, 5) is 13.9. The molecular formula is C17H19IN6O4S2. The van der Waals surface area contributed by atoms with E-state index >= 15 is 0 Å². The van der Waals surface area contributed by atoms with Gasteiger partial charge >= 0.3 is 0 Å². The van der Waals surface area contributed by atoms with E-state index in [1.807, 2.05) is 16.7 Å². The molecule has 0 atom stereocenters. The number of sulfonamides is 1. The molecular weight excluding hydrogens is 543 g/mol. The summed E-state index contributed by atoms with van der Waals surface area (Å²) in [6, 6.07) is 3.85. The lowest BCUT2D eigenvalue weighted by atomic mass is 10.3. The van der Waals surface area contributed by atoms with Crippen molar-refractivity contribution in [2.24, 2.45) is 0 Å². The number of rotatable bonds is 7. The van der Waals surface area contributed by atoms with E-state index in [1.165, 1.54) is 25.1 Å². The van der Waals surface area contributed by atoms with Gasteiger partial charge in [-0.25, -0.2) is 28.1 Å². The number of halogens is 1. The lowest BCUT2D eigenvalue weighted by Gasteiger charge is -2.19. The molecule has 3 N–H and O–H groups in total. The van der Waals surface area contributed by atoms with Crippen molar-refractivity contribution in [2.75, 3.05) is 31.7 Å². The van der Waals surface area contributed by atoms with Crippen LogP contribution in [0.5, 0.6) is 11.5 Å². The van der Waals surface area contributed by atoms with Crippen LogP contribution in [-0.2, 0) is 16.6 Å². The number of nitrogens with two attached hydrogens (primary N) is 1. The highest BCUT2D eigenvalue weighted by Crippen LogP contribution is 2.40. The van der Waals surface area contributed by atoms with Crippen LogP contribution in [0.25, 0.3) is 11.2 Å². The van der Waals surface area contributed by atoms with E-state index in [2.05, 4.69) is 42.3 Å². The number of fused-ring (bicyclic) bond motifs is 2. The first kappa shape index (κ1) is 21.4. The molecule has 10 nitrogen and oxygen atoms in total. The normalized spacial score (nSPS) is 13.7. The van der Waals surface area contributed by atoms with Gasteiger partial charge in [-0.05, 0) is 48.2 Å². The third-order valence-corrected chi connectivity index (χ3v) is 8.19. The van der Waals surface area contributed by atoms with E-state index in [1.54, 1.807) is 0 Å². The van der Waals surface area contributed by atoms with Crippen molar-refractivity contribution in [3.63, 3.8) is 0 Å². The van der Waals surface area contributed by atoms with Crippen LogP contribution in [0.3, 0.4) is 0 Å². The van der Waals surface area contributed by atoms with Crippen molar-refractivity contribution in [1.29, 1.82) is 0 Å². The standard InChI is InChI=1S/C17H19IN6O4S2/c1-20-30(25,26)6-2-3-24-16-14(15(19)21-9-22-16)23-17(24)29-13-8-12-11(7-10(13)18)27-4-5-28-12/h7-9,20H,2-6H2,1H3,(H2,19,21,22). The Morgan fingerprint density at radius 3 is 2.73 bits per heavy atom. The highest BCUT2D eigenvalue weighted by molar-refractivity contribution is 14.1. The molecule has 0 aliphatic carbocycles. The summed E-state index contributed by atoms with van der Waals surface area (Å²) in [7, 11) is -1.90. The monoisotopic (exact) mass is 562 g/mol. The Morgan fingerprint density at radius 1 is 1.27 bits per heavy atom. The minimum Gasteiger partial charge on any atom is -0.486 e. The molecule has 13 heteroatoms. The number of aromatic nitrogens is 4. The fourth-order valence-corrected chi connectivity index (χ4v) is 5.38. The zero-order valence-electron chi connectivity index (χ0n) is 16.0. The molecule has 1 aromatic carbocycles. The van der Waals surface area contributed by atoms with Gasteiger partial charge in [-0.2, -0.15) is 0 Å². The van der Waals surface area contributed by atoms with Crippen molar-refractivity contribution < 1.29 is 17.9 Å². The maximum atomic E-state index is 11.8. The van der Waals surface area contributed by atoms with Gasteiger partial charge in [0.2, 0.25) is 10.0 Å². The Hall–Kier alpha value is -1.84. The fourth-order valence-electron chi connectivity index (χ4n) is 2.95. The van der Waals surface area contributed by atoms with Crippen LogP contribution in [0.4, 0.5) is 5.82 Å². The average molecular weight is 562 g/mol. The molecule has 0 fully saturated rings. The largest absolute Gasteiger partial charge is 0.486 e. The molecule has 0 unspecified atom stereocenters. The highest BCUT2D eigenvalue weighted by atomic mass is 127. The molecule has 3 heterocycles. The van der Waals surface area contributed by atoms with Crippen LogP contribution >= 0.6 is 34.4 Å². The topological polar surface area (TPSA) is 134 Å². The second-order valence-electron chi connectivity index (χ2n) is 6.38. The predicted octanol–water partition coefficient (Wildman–Crippen LogP) is 1.87. The zero-order valence-corrected chi connectivity index (χ0v) is 19.8. The van der Waals surface area contributed by atoms with Crippen molar-refractivity contribution in [2.45, 2.75) is 23.0 Å². The summed E-state index contributed by atoms with van der Waals surface area (Å²) < 4.78 is 40.1. The number of aryl methyl sites for hydroxylation is 1. The summed E-state index contributed by atoms with van der Waals surface area (Å²) in [5, 5.41) is 0.647. The summed E-state index contributed by atoms with van der Waals surface area (Å²) in [5.74, 6) is 1.68. The molecule has 160 valence electrons. The summed E-state index contributed by atoms with van der Waals surface area (Å²) in [6.45, 7) is 1.44. The van der Waals surface area contributed by atoms with E-state index in [4.69, 9.17) is 15.2 Å². The van der Waals surface area contributed by atoms with Gasteiger partial charge in [0, 0.05) is 15.0 Å². The lowest BCUT2D eigenvalue weighted by molar-refractivity contribution is 0.171. The number of nitrogens with zero attached hydrogens (tertiary/aromatic N) is 4. The number of nitrogens with one attached hydrogen (secondary N) is 1. The predicted molar refractivity (Wildman–Crippen MR) is 121 cm³/mol. The Morgan fingerprint density at radius 2 is 2.00 bits per heavy atom. The van der Waals surface area contributed by atoms with E-state index < -0.39 is 10.0 Å². The average Bonchev–Trinajstić information content (AvgIpc) is 3.07. The zero-order chi connectivity index (χ0) is 21.3. The molecule has 0 spiro atoms. The van der Waals surface area contributed by atoms with Crippen molar-refractivity contribution in [3.05, 3.63) is 22.0 Å². The van der Waals surface area contributed by atoms with Crippen LogP contribution in [0.2, 0.25) is 0 Å². The minimum absolute atomic E-state index is 0.00456. The quantitative estimate of drug-likeness (QED) is 0.414. The van der Waals surface area contributed by atoms with Gasteiger partial charge < -0.3 is 19.8 Å². The first-order valence-corrected chi connectivity index (χ1v) is 12.6. The SMILES string of the molecule is CNS(=O)(=O)CCCn1c(Sc2cc3c(cc2I)OCCO3)nc2c(N)ncnc21. The van der Waals surface area contributed by atoms with E-state index in [0.717, 1.165) is 14.2 Å². The van der Waals surface area contributed by atoms with Crippen LogP contribution in [0, 0.1) is 3.57 Å². The molecule has 1 aliphatic heterocycles. The molecule has 0 saturated heterocycles. The number of benzene rings is 1. The number of hydrogen-bond donors (Lipinski definition) is 2. The Kier molecular flexibility index (Phi) is 6.22. The first-order valence-electron chi connectivity index (χ1n) is 9.03. The van der Waals surface area contributed by atoms with Crippen LogP contribution in [0.15, 0.2) is 28.5 Å². The molecule has 1 aliphatic rings. The maximum Gasteiger partial charge on any atom is 0.211 e. The number of hydrogen-bond acceptors (Lipinski definition) is 9.